The topological polar surface area (TPSA) is 88.2 Å². The van der Waals surface area contributed by atoms with Crippen molar-refractivity contribution in [2.45, 2.75) is 13.3 Å². The molecule has 0 radical (unpaired) electrons. The first kappa shape index (κ1) is 19.1. The SMILES string of the molecule is CCOc1ccc(N2CC(CNS(=O)(=O)N3CCOCC3)CC2=O)cc1. The summed E-state index contributed by atoms with van der Waals surface area (Å²) in [6.45, 7) is 4.79. The van der Waals surface area contributed by atoms with E-state index in [9.17, 15) is 13.2 Å². The molecule has 1 atom stereocenters. The molecule has 2 fully saturated rings. The van der Waals surface area contributed by atoms with E-state index in [0.29, 0.717) is 45.9 Å². The number of nitrogens with zero attached hydrogens (tertiary/aromatic N) is 2. The fraction of sp³-hybridized carbons (Fsp3) is 0.588. The minimum Gasteiger partial charge on any atom is -0.494 e. The van der Waals surface area contributed by atoms with Crippen molar-refractivity contribution in [3.63, 3.8) is 0 Å². The van der Waals surface area contributed by atoms with Crippen molar-refractivity contribution in [1.29, 1.82) is 0 Å². The zero-order chi connectivity index (χ0) is 18.6. The first-order chi connectivity index (χ1) is 12.5. The van der Waals surface area contributed by atoms with Gasteiger partial charge < -0.3 is 14.4 Å². The van der Waals surface area contributed by atoms with Crippen LogP contribution in [-0.2, 0) is 19.7 Å². The molecule has 144 valence electrons. The Kier molecular flexibility index (Phi) is 6.13. The molecule has 2 saturated heterocycles. The van der Waals surface area contributed by atoms with Gasteiger partial charge in [-0.15, -0.1) is 0 Å². The smallest absolute Gasteiger partial charge is 0.279 e. The van der Waals surface area contributed by atoms with Gasteiger partial charge in [0.05, 0.1) is 19.8 Å². The molecule has 1 unspecified atom stereocenters. The number of carbonyl (C=O) groups excluding carboxylic acids is 1. The van der Waals surface area contributed by atoms with E-state index in [1.54, 1.807) is 4.90 Å². The number of hydrogen-bond donors (Lipinski definition) is 1. The van der Waals surface area contributed by atoms with Gasteiger partial charge in [-0.2, -0.15) is 12.7 Å². The number of nitrogens with one attached hydrogen (secondary N) is 1. The molecule has 2 heterocycles. The standard InChI is InChI=1S/C17H25N3O5S/c1-2-25-16-5-3-15(4-6-16)20-13-14(11-17(20)21)12-18-26(22,23)19-7-9-24-10-8-19/h3-6,14,18H,2,7-13H2,1H3. The highest BCUT2D eigenvalue weighted by atomic mass is 32.2. The van der Waals surface area contributed by atoms with Crippen molar-refractivity contribution in [3.8, 4) is 5.75 Å². The summed E-state index contributed by atoms with van der Waals surface area (Å²) in [7, 11) is -3.53. The Morgan fingerprint density at radius 2 is 1.92 bits per heavy atom. The number of rotatable bonds is 7. The van der Waals surface area contributed by atoms with Crippen molar-refractivity contribution in [2.24, 2.45) is 5.92 Å². The second-order valence-corrected chi connectivity index (χ2v) is 8.12. The summed E-state index contributed by atoms with van der Waals surface area (Å²) in [5.41, 5.74) is 0.803. The van der Waals surface area contributed by atoms with E-state index >= 15 is 0 Å². The lowest BCUT2D eigenvalue weighted by atomic mass is 10.1. The maximum atomic E-state index is 12.3. The Hall–Kier alpha value is -1.68. The minimum atomic E-state index is -3.53. The molecule has 0 bridgehead atoms. The van der Waals surface area contributed by atoms with Crippen molar-refractivity contribution in [1.82, 2.24) is 9.03 Å². The van der Waals surface area contributed by atoms with Crippen LogP contribution in [0.25, 0.3) is 0 Å². The second-order valence-electron chi connectivity index (χ2n) is 6.37. The Morgan fingerprint density at radius 1 is 1.23 bits per heavy atom. The monoisotopic (exact) mass is 383 g/mol. The van der Waals surface area contributed by atoms with E-state index in [1.165, 1.54) is 4.31 Å². The van der Waals surface area contributed by atoms with Crippen molar-refractivity contribution in [2.75, 3.05) is 50.9 Å². The molecule has 0 aromatic heterocycles. The molecule has 3 rings (SSSR count). The van der Waals surface area contributed by atoms with E-state index in [2.05, 4.69) is 4.72 Å². The number of benzene rings is 1. The van der Waals surface area contributed by atoms with E-state index in [4.69, 9.17) is 9.47 Å². The predicted molar refractivity (Wildman–Crippen MR) is 97.4 cm³/mol. The number of morpholine rings is 1. The lowest BCUT2D eigenvalue weighted by Gasteiger charge is -2.26. The van der Waals surface area contributed by atoms with Crippen LogP contribution in [0.15, 0.2) is 24.3 Å². The van der Waals surface area contributed by atoms with Gasteiger partial charge in [-0.05, 0) is 37.1 Å². The summed E-state index contributed by atoms with van der Waals surface area (Å²) >= 11 is 0. The van der Waals surface area contributed by atoms with Gasteiger partial charge in [0.2, 0.25) is 5.91 Å². The van der Waals surface area contributed by atoms with Crippen LogP contribution < -0.4 is 14.4 Å². The number of ether oxygens (including phenoxy) is 2. The molecular formula is C17H25N3O5S. The quantitative estimate of drug-likeness (QED) is 0.745. The maximum Gasteiger partial charge on any atom is 0.279 e. The Balaban J connectivity index is 1.55. The fourth-order valence-electron chi connectivity index (χ4n) is 3.16. The molecule has 2 aliphatic heterocycles. The average Bonchev–Trinajstić information content (AvgIpc) is 3.03. The largest absolute Gasteiger partial charge is 0.494 e. The lowest BCUT2D eigenvalue weighted by Crippen LogP contribution is -2.47. The average molecular weight is 383 g/mol. The summed E-state index contributed by atoms with van der Waals surface area (Å²) in [5.74, 6) is 0.715. The molecule has 0 saturated carbocycles. The zero-order valence-electron chi connectivity index (χ0n) is 14.9. The van der Waals surface area contributed by atoms with Crippen molar-refractivity contribution < 1.29 is 22.7 Å². The summed E-state index contributed by atoms with van der Waals surface area (Å²) in [6.07, 6.45) is 0.332. The molecule has 0 spiro atoms. The summed E-state index contributed by atoms with van der Waals surface area (Å²) in [4.78, 5) is 14.0. The van der Waals surface area contributed by atoms with Crippen LogP contribution in [0.4, 0.5) is 5.69 Å². The van der Waals surface area contributed by atoms with Gasteiger partial charge in [0, 0.05) is 38.3 Å². The van der Waals surface area contributed by atoms with Crippen molar-refractivity contribution in [3.05, 3.63) is 24.3 Å². The maximum absolute atomic E-state index is 12.3. The third kappa shape index (κ3) is 4.53. The van der Waals surface area contributed by atoms with Crippen LogP contribution in [0.5, 0.6) is 5.75 Å². The van der Waals surface area contributed by atoms with Crippen LogP contribution in [-0.4, -0.2) is 64.6 Å². The van der Waals surface area contributed by atoms with Gasteiger partial charge in [-0.25, -0.2) is 4.72 Å². The molecule has 2 aliphatic rings. The Bertz CT molecular complexity index is 716. The fourth-order valence-corrected chi connectivity index (χ4v) is 4.42. The number of hydrogen-bond acceptors (Lipinski definition) is 5. The molecule has 9 heteroatoms. The molecule has 1 aromatic rings. The zero-order valence-corrected chi connectivity index (χ0v) is 15.7. The lowest BCUT2D eigenvalue weighted by molar-refractivity contribution is -0.117. The minimum absolute atomic E-state index is 0.00438. The molecular weight excluding hydrogens is 358 g/mol. The molecule has 0 aliphatic carbocycles. The van der Waals surface area contributed by atoms with Crippen LogP contribution >= 0.6 is 0 Å². The van der Waals surface area contributed by atoms with Gasteiger partial charge in [0.15, 0.2) is 0 Å². The van der Waals surface area contributed by atoms with Gasteiger partial charge in [0.25, 0.3) is 10.2 Å². The summed E-state index contributed by atoms with van der Waals surface area (Å²) in [5, 5.41) is 0. The highest BCUT2D eigenvalue weighted by molar-refractivity contribution is 7.87. The van der Waals surface area contributed by atoms with Gasteiger partial charge in [0.1, 0.15) is 5.75 Å². The summed E-state index contributed by atoms with van der Waals surface area (Å²) < 4.78 is 39.3. The molecule has 1 aromatic carbocycles. The molecule has 8 nitrogen and oxygen atoms in total. The van der Waals surface area contributed by atoms with E-state index in [1.807, 2.05) is 31.2 Å². The van der Waals surface area contributed by atoms with Crippen LogP contribution in [0, 0.1) is 5.92 Å². The number of carbonyl (C=O) groups is 1. The summed E-state index contributed by atoms with van der Waals surface area (Å²) in [6, 6.07) is 7.37. The first-order valence-corrected chi connectivity index (χ1v) is 10.3. The first-order valence-electron chi connectivity index (χ1n) is 8.85. The second kappa shape index (κ2) is 8.34. The number of amides is 1. The van der Waals surface area contributed by atoms with Gasteiger partial charge in [-0.1, -0.05) is 0 Å². The van der Waals surface area contributed by atoms with E-state index in [0.717, 1.165) is 11.4 Å². The van der Waals surface area contributed by atoms with Crippen LogP contribution in [0.1, 0.15) is 13.3 Å². The highest BCUT2D eigenvalue weighted by Crippen LogP contribution is 2.26. The Morgan fingerprint density at radius 3 is 2.58 bits per heavy atom. The third-order valence-electron chi connectivity index (χ3n) is 4.53. The molecule has 26 heavy (non-hydrogen) atoms. The van der Waals surface area contributed by atoms with Gasteiger partial charge >= 0.3 is 0 Å². The molecule has 1 N–H and O–H groups in total. The number of anilines is 1. The Labute approximate surface area is 154 Å². The van der Waals surface area contributed by atoms with Crippen molar-refractivity contribution >= 4 is 21.8 Å². The third-order valence-corrected chi connectivity index (χ3v) is 6.11. The van der Waals surface area contributed by atoms with Crippen LogP contribution in [0.2, 0.25) is 0 Å². The molecule has 1 amide bonds. The normalized spacial score (nSPS) is 22.0. The van der Waals surface area contributed by atoms with Gasteiger partial charge in [-0.3, -0.25) is 4.79 Å². The van der Waals surface area contributed by atoms with E-state index < -0.39 is 10.2 Å². The van der Waals surface area contributed by atoms with Crippen LogP contribution in [0.3, 0.4) is 0 Å². The van der Waals surface area contributed by atoms with E-state index in [-0.39, 0.29) is 18.4 Å². The highest BCUT2D eigenvalue weighted by Gasteiger charge is 2.32. The predicted octanol–water partition coefficient (Wildman–Crippen LogP) is 0.605.